The third-order valence-electron chi connectivity index (χ3n) is 6.07. The standard InChI is InChI=1S/C24H36N4O6S2/c1-3-4-15-36(33,34)26-20-6-8-21(9-7-20)28-13-11-19(12-14-28)25-17-24(30)18-5-10-23(29)22(16-18)27-35(2,31)32/h5-10,16,19,24-27,29-30H,3-4,11-15,17H2,1-2H3. The Morgan fingerprint density at radius 3 is 2.31 bits per heavy atom. The molecule has 0 aromatic heterocycles. The van der Waals surface area contributed by atoms with Crippen LogP contribution in [0.2, 0.25) is 0 Å². The highest BCUT2D eigenvalue weighted by atomic mass is 32.2. The lowest BCUT2D eigenvalue weighted by molar-refractivity contribution is 0.167. The van der Waals surface area contributed by atoms with Crippen LogP contribution in [-0.2, 0) is 20.0 Å². The lowest BCUT2D eigenvalue weighted by Gasteiger charge is -2.34. The van der Waals surface area contributed by atoms with Gasteiger partial charge >= 0.3 is 0 Å². The summed E-state index contributed by atoms with van der Waals surface area (Å²) in [5, 5.41) is 23.8. The summed E-state index contributed by atoms with van der Waals surface area (Å²) in [6.45, 7) is 3.88. The first kappa shape index (κ1) is 28.0. The van der Waals surface area contributed by atoms with Gasteiger partial charge in [-0.3, -0.25) is 9.44 Å². The van der Waals surface area contributed by atoms with Gasteiger partial charge in [-0.05, 0) is 61.2 Å². The van der Waals surface area contributed by atoms with Gasteiger partial charge in [0.15, 0.2) is 0 Å². The average molecular weight is 541 g/mol. The molecule has 2 aromatic rings. The maximum Gasteiger partial charge on any atom is 0.232 e. The van der Waals surface area contributed by atoms with Gasteiger partial charge in [0.1, 0.15) is 5.75 Å². The van der Waals surface area contributed by atoms with E-state index >= 15 is 0 Å². The number of hydrogen-bond acceptors (Lipinski definition) is 8. The van der Waals surface area contributed by atoms with Gasteiger partial charge in [0.25, 0.3) is 0 Å². The highest BCUT2D eigenvalue weighted by Crippen LogP contribution is 2.28. The molecule has 1 aliphatic heterocycles. The van der Waals surface area contributed by atoms with E-state index in [9.17, 15) is 27.0 Å². The molecule has 1 heterocycles. The number of benzene rings is 2. The van der Waals surface area contributed by atoms with Crippen LogP contribution in [0.15, 0.2) is 42.5 Å². The molecule has 12 heteroatoms. The van der Waals surface area contributed by atoms with Gasteiger partial charge in [0, 0.05) is 37.1 Å². The number of nitrogens with one attached hydrogen (secondary N) is 3. The molecule has 3 rings (SSSR count). The second-order valence-corrected chi connectivity index (χ2v) is 12.7. The SMILES string of the molecule is CCCCS(=O)(=O)Nc1ccc(N2CCC(NCC(O)c3ccc(O)c(NS(C)(=O)=O)c3)CC2)cc1. The molecule has 0 radical (unpaired) electrons. The van der Waals surface area contributed by atoms with Crippen LogP contribution in [0.4, 0.5) is 17.1 Å². The maximum absolute atomic E-state index is 12.1. The molecule has 10 nitrogen and oxygen atoms in total. The molecule has 0 saturated carbocycles. The van der Waals surface area contributed by atoms with Gasteiger partial charge in [-0.25, -0.2) is 16.8 Å². The van der Waals surface area contributed by atoms with Crippen LogP contribution in [0, 0.1) is 0 Å². The van der Waals surface area contributed by atoms with E-state index in [0.717, 1.165) is 44.3 Å². The maximum atomic E-state index is 12.1. The first-order valence-electron chi connectivity index (χ1n) is 12.0. The van der Waals surface area contributed by atoms with Gasteiger partial charge in [0.05, 0.1) is 23.8 Å². The number of piperidine rings is 1. The predicted octanol–water partition coefficient (Wildman–Crippen LogP) is 2.60. The monoisotopic (exact) mass is 540 g/mol. The zero-order valence-corrected chi connectivity index (χ0v) is 22.3. The van der Waals surface area contributed by atoms with E-state index in [2.05, 4.69) is 19.7 Å². The number of aliphatic hydroxyl groups excluding tert-OH is 1. The van der Waals surface area contributed by atoms with Crippen LogP contribution in [0.25, 0.3) is 0 Å². The van der Waals surface area contributed by atoms with E-state index in [1.165, 1.54) is 12.1 Å². The molecule has 0 aliphatic carbocycles. The van der Waals surface area contributed by atoms with Crippen molar-refractivity contribution in [2.45, 2.75) is 44.8 Å². The average Bonchev–Trinajstić information content (AvgIpc) is 2.82. The molecule has 2 aromatic carbocycles. The smallest absolute Gasteiger partial charge is 0.232 e. The molecular weight excluding hydrogens is 504 g/mol. The summed E-state index contributed by atoms with van der Waals surface area (Å²) in [6, 6.07) is 12.0. The Labute approximate surface area is 213 Å². The molecule has 1 atom stereocenters. The summed E-state index contributed by atoms with van der Waals surface area (Å²) in [6.07, 6.45) is 3.32. The number of phenols is 1. The Morgan fingerprint density at radius 1 is 1.03 bits per heavy atom. The number of sulfonamides is 2. The van der Waals surface area contributed by atoms with E-state index < -0.39 is 26.2 Å². The Morgan fingerprint density at radius 2 is 1.69 bits per heavy atom. The van der Waals surface area contributed by atoms with Crippen LogP contribution in [0.1, 0.15) is 44.3 Å². The third kappa shape index (κ3) is 8.54. The Hall–Kier alpha value is -2.54. The minimum atomic E-state index is -3.56. The number of hydrogen-bond donors (Lipinski definition) is 5. The number of aliphatic hydroxyl groups is 1. The molecule has 200 valence electrons. The van der Waals surface area contributed by atoms with E-state index in [-0.39, 0.29) is 23.2 Å². The summed E-state index contributed by atoms with van der Waals surface area (Å²) >= 11 is 0. The fraction of sp³-hybridized carbons (Fsp3) is 0.500. The van der Waals surface area contributed by atoms with Gasteiger partial charge in [0.2, 0.25) is 20.0 Å². The molecule has 1 aliphatic rings. The number of phenolic OH excluding ortho intramolecular Hbond substituents is 1. The van der Waals surface area contributed by atoms with Crippen molar-refractivity contribution in [3.8, 4) is 5.75 Å². The minimum Gasteiger partial charge on any atom is -0.506 e. The number of anilines is 3. The fourth-order valence-corrected chi connectivity index (χ4v) is 5.91. The van der Waals surface area contributed by atoms with Crippen LogP contribution >= 0.6 is 0 Å². The molecule has 5 N–H and O–H groups in total. The van der Waals surface area contributed by atoms with Crippen molar-refractivity contribution in [3.63, 3.8) is 0 Å². The summed E-state index contributed by atoms with van der Waals surface area (Å²) in [5.41, 5.74) is 2.11. The van der Waals surface area contributed by atoms with E-state index in [0.29, 0.717) is 24.2 Å². The largest absolute Gasteiger partial charge is 0.506 e. The van der Waals surface area contributed by atoms with Crippen molar-refractivity contribution in [2.24, 2.45) is 0 Å². The molecular formula is C24H36N4O6S2. The molecule has 1 saturated heterocycles. The Bertz CT molecular complexity index is 1210. The third-order valence-corrected chi connectivity index (χ3v) is 8.03. The van der Waals surface area contributed by atoms with E-state index in [1.807, 2.05) is 19.1 Å². The zero-order valence-electron chi connectivity index (χ0n) is 20.6. The summed E-state index contributed by atoms with van der Waals surface area (Å²) in [4.78, 5) is 2.24. The highest BCUT2D eigenvalue weighted by molar-refractivity contribution is 7.92. The van der Waals surface area contributed by atoms with E-state index in [4.69, 9.17) is 0 Å². The van der Waals surface area contributed by atoms with Crippen molar-refractivity contribution in [1.29, 1.82) is 0 Å². The molecule has 0 spiro atoms. The normalized spacial score (nSPS) is 16.0. The van der Waals surface area contributed by atoms with Crippen molar-refractivity contribution in [2.75, 3.05) is 46.0 Å². The van der Waals surface area contributed by atoms with Gasteiger partial charge < -0.3 is 20.4 Å². The fourth-order valence-electron chi connectivity index (χ4n) is 4.09. The van der Waals surface area contributed by atoms with E-state index in [1.54, 1.807) is 18.2 Å². The number of rotatable bonds is 12. The number of nitrogens with zero attached hydrogens (tertiary/aromatic N) is 1. The van der Waals surface area contributed by atoms with Crippen molar-refractivity contribution in [3.05, 3.63) is 48.0 Å². The first-order valence-corrected chi connectivity index (χ1v) is 15.6. The van der Waals surface area contributed by atoms with Crippen LogP contribution < -0.4 is 19.7 Å². The second kappa shape index (κ2) is 12.1. The van der Waals surface area contributed by atoms with Crippen molar-refractivity contribution >= 4 is 37.1 Å². The number of unbranched alkanes of at least 4 members (excludes halogenated alkanes) is 1. The quantitative estimate of drug-likeness (QED) is 0.258. The molecule has 0 amide bonds. The lowest BCUT2D eigenvalue weighted by Crippen LogP contribution is -2.43. The summed E-state index contributed by atoms with van der Waals surface area (Å²) < 4.78 is 52.0. The second-order valence-electron chi connectivity index (χ2n) is 9.16. The first-order chi connectivity index (χ1) is 17.0. The van der Waals surface area contributed by atoms with Crippen LogP contribution in [0.3, 0.4) is 0 Å². The van der Waals surface area contributed by atoms with Gasteiger partial charge in [-0.2, -0.15) is 0 Å². The topological polar surface area (TPSA) is 148 Å². The van der Waals surface area contributed by atoms with Crippen molar-refractivity contribution < 1.29 is 27.0 Å². The Kier molecular flexibility index (Phi) is 9.45. The van der Waals surface area contributed by atoms with Crippen molar-refractivity contribution in [1.82, 2.24) is 5.32 Å². The molecule has 36 heavy (non-hydrogen) atoms. The van der Waals surface area contributed by atoms with Crippen LogP contribution in [-0.4, -0.2) is 64.7 Å². The zero-order chi connectivity index (χ0) is 26.3. The molecule has 0 bridgehead atoms. The number of aromatic hydroxyl groups is 1. The Balaban J connectivity index is 1.48. The lowest BCUT2D eigenvalue weighted by atomic mass is 10.0. The molecule has 1 unspecified atom stereocenters. The van der Waals surface area contributed by atoms with Crippen LogP contribution in [0.5, 0.6) is 5.75 Å². The van der Waals surface area contributed by atoms with Gasteiger partial charge in [-0.1, -0.05) is 19.4 Å². The highest BCUT2D eigenvalue weighted by Gasteiger charge is 2.21. The van der Waals surface area contributed by atoms with Gasteiger partial charge in [-0.15, -0.1) is 0 Å². The predicted molar refractivity (Wildman–Crippen MR) is 144 cm³/mol. The molecule has 1 fully saturated rings. The summed E-state index contributed by atoms with van der Waals surface area (Å²) in [7, 11) is -6.88. The summed E-state index contributed by atoms with van der Waals surface area (Å²) in [5.74, 6) is -0.0926. The minimum absolute atomic E-state index is 0.0298.